The van der Waals surface area contributed by atoms with E-state index in [1.807, 2.05) is 49.4 Å². The van der Waals surface area contributed by atoms with E-state index in [0.717, 1.165) is 28.2 Å². The minimum atomic E-state index is -0.176. The number of aromatic nitrogens is 4. The van der Waals surface area contributed by atoms with E-state index in [4.69, 9.17) is 21.1 Å². The number of aromatic amines is 1. The molecule has 2 heterocycles. The first kappa shape index (κ1) is 22.8. The van der Waals surface area contributed by atoms with Gasteiger partial charge in [0.1, 0.15) is 11.5 Å². The number of ether oxygens (including phenoxy) is 2. The minimum Gasteiger partial charge on any atom is -0.467 e. The lowest BCUT2D eigenvalue weighted by Crippen LogP contribution is -2.15. The van der Waals surface area contributed by atoms with Gasteiger partial charge in [-0.3, -0.25) is 4.79 Å². The second kappa shape index (κ2) is 10.5. The molecule has 1 N–H and O–H groups in total. The number of rotatable bonds is 8. The average Bonchev–Trinajstić information content (AvgIpc) is 2.83. The van der Waals surface area contributed by atoms with Gasteiger partial charge in [-0.1, -0.05) is 35.5 Å². The number of hydrogen-bond acceptors (Lipinski definition) is 7. The molecular weight excluding hydrogens is 460 g/mol. The van der Waals surface area contributed by atoms with Crippen molar-refractivity contribution in [1.29, 1.82) is 0 Å². The van der Waals surface area contributed by atoms with Gasteiger partial charge in [-0.05, 0) is 53.9 Å². The van der Waals surface area contributed by atoms with Crippen molar-refractivity contribution in [2.24, 2.45) is 0 Å². The van der Waals surface area contributed by atoms with Gasteiger partial charge in [0.25, 0.3) is 5.56 Å². The lowest BCUT2D eigenvalue weighted by molar-refractivity contribution is 0.379. The van der Waals surface area contributed by atoms with Crippen LogP contribution in [0.15, 0.2) is 71.0 Å². The van der Waals surface area contributed by atoms with Crippen molar-refractivity contribution in [1.82, 2.24) is 19.9 Å². The minimum absolute atomic E-state index is 0.176. The maximum Gasteiger partial charge on any atom is 0.316 e. The van der Waals surface area contributed by atoms with E-state index in [2.05, 4.69) is 19.9 Å². The van der Waals surface area contributed by atoms with Crippen LogP contribution in [0.5, 0.6) is 17.5 Å². The van der Waals surface area contributed by atoms with Crippen LogP contribution < -0.4 is 15.0 Å². The molecule has 0 saturated heterocycles. The van der Waals surface area contributed by atoms with Crippen molar-refractivity contribution in [3.8, 4) is 17.5 Å². The molecule has 0 radical (unpaired) electrons. The number of thioether (sulfide) groups is 1. The van der Waals surface area contributed by atoms with Crippen molar-refractivity contribution in [3.63, 3.8) is 0 Å². The first-order valence-electron chi connectivity index (χ1n) is 10.1. The van der Waals surface area contributed by atoms with Crippen molar-refractivity contribution in [2.45, 2.75) is 24.3 Å². The lowest BCUT2D eigenvalue weighted by Gasteiger charge is -2.08. The summed E-state index contributed by atoms with van der Waals surface area (Å²) < 4.78 is 10.8. The highest BCUT2D eigenvalue weighted by Gasteiger charge is 2.07. The second-order valence-electron chi connectivity index (χ2n) is 7.24. The van der Waals surface area contributed by atoms with Crippen LogP contribution in [-0.2, 0) is 12.2 Å². The number of benzene rings is 2. The monoisotopic (exact) mass is 480 g/mol. The van der Waals surface area contributed by atoms with E-state index < -0.39 is 0 Å². The van der Waals surface area contributed by atoms with E-state index in [0.29, 0.717) is 27.9 Å². The van der Waals surface area contributed by atoms with E-state index >= 15 is 0 Å². The molecule has 0 aliphatic heterocycles. The zero-order valence-corrected chi connectivity index (χ0v) is 19.6. The number of nitrogens with one attached hydrogen (secondary N) is 1. The fraction of sp³-hybridized carbons (Fsp3) is 0.167. The molecule has 2 aromatic heterocycles. The smallest absolute Gasteiger partial charge is 0.316 e. The Balaban J connectivity index is 1.34. The van der Waals surface area contributed by atoms with Gasteiger partial charge in [-0.2, -0.15) is 0 Å². The van der Waals surface area contributed by atoms with Gasteiger partial charge in [0, 0.05) is 41.4 Å². The Hall–Kier alpha value is -3.36. The third-order valence-electron chi connectivity index (χ3n) is 4.77. The molecule has 0 atom stereocenters. The number of methoxy groups -OCH3 is 1. The molecule has 2 aromatic carbocycles. The SMILES string of the molecule is COc1ncc(Cc2cnc(SCc3ccc(Oc4ccc(Cl)c(C)c4)cc3)[nH]c2=O)cn1. The maximum absolute atomic E-state index is 12.4. The van der Waals surface area contributed by atoms with Gasteiger partial charge in [0.05, 0.1) is 7.11 Å². The molecule has 168 valence electrons. The first-order chi connectivity index (χ1) is 16.0. The van der Waals surface area contributed by atoms with Crippen LogP contribution in [0, 0.1) is 6.92 Å². The summed E-state index contributed by atoms with van der Waals surface area (Å²) in [5, 5.41) is 1.27. The van der Waals surface area contributed by atoms with Gasteiger partial charge >= 0.3 is 6.01 Å². The van der Waals surface area contributed by atoms with Crippen molar-refractivity contribution in [3.05, 3.63) is 98.7 Å². The summed E-state index contributed by atoms with van der Waals surface area (Å²) in [5.74, 6) is 2.14. The van der Waals surface area contributed by atoms with Crippen molar-refractivity contribution in [2.75, 3.05) is 7.11 Å². The Morgan fingerprint density at radius 3 is 2.36 bits per heavy atom. The number of H-pyrrole nitrogens is 1. The Labute approximate surface area is 200 Å². The van der Waals surface area contributed by atoms with Crippen LogP contribution in [-0.4, -0.2) is 27.0 Å². The van der Waals surface area contributed by atoms with Crippen LogP contribution in [0.2, 0.25) is 5.02 Å². The van der Waals surface area contributed by atoms with E-state index in [-0.39, 0.29) is 11.6 Å². The van der Waals surface area contributed by atoms with Gasteiger partial charge in [-0.25, -0.2) is 15.0 Å². The fourth-order valence-corrected chi connectivity index (χ4v) is 3.89. The van der Waals surface area contributed by atoms with Gasteiger partial charge in [0.15, 0.2) is 5.16 Å². The second-order valence-corrected chi connectivity index (χ2v) is 8.61. The first-order valence-corrected chi connectivity index (χ1v) is 11.5. The van der Waals surface area contributed by atoms with Crippen molar-refractivity contribution < 1.29 is 9.47 Å². The predicted octanol–water partition coefficient (Wildman–Crippen LogP) is 5.21. The van der Waals surface area contributed by atoms with Gasteiger partial charge < -0.3 is 14.5 Å². The van der Waals surface area contributed by atoms with Crippen LogP contribution in [0.4, 0.5) is 0 Å². The van der Waals surface area contributed by atoms with E-state index in [1.165, 1.54) is 18.9 Å². The highest BCUT2D eigenvalue weighted by Crippen LogP contribution is 2.27. The average molecular weight is 481 g/mol. The third-order valence-corrected chi connectivity index (χ3v) is 6.16. The van der Waals surface area contributed by atoms with E-state index in [1.54, 1.807) is 18.6 Å². The number of hydrogen-bond donors (Lipinski definition) is 1. The predicted molar refractivity (Wildman–Crippen MR) is 129 cm³/mol. The highest BCUT2D eigenvalue weighted by atomic mass is 35.5. The molecular formula is C24H21ClN4O3S. The zero-order valence-electron chi connectivity index (χ0n) is 18.0. The van der Waals surface area contributed by atoms with Crippen LogP contribution in [0.25, 0.3) is 0 Å². The molecule has 7 nitrogen and oxygen atoms in total. The largest absolute Gasteiger partial charge is 0.467 e. The van der Waals surface area contributed by atoms with Crippen LogP contribution in [0.1, 0.15) is 22.3 Å². The summed E-state index contributed by atoms with van der Waals surface area (Å²) in [6.07, 6.45) is 5.26. The van der Waals surface area contributed by atoms with Crippen LogP contribution in [0.3, 0.4) is 0 Å². The molecule has 0 aliphatic rings. The molecule has 0 saturated carbocycles. The third kappa shape index (κ3) is 6.12. The summed E-state index contributed by atoms with van der Waals surface area (Å²) in [4.78, 5) is 27.8. The molecule has 0 amide bonds. The Morgan fingerprint density at radius 2 is 1.70 bits per heavy atom. The molecule has 4 aromatic rings. The lowest BCUT2D eigenvalue weighted by atomic mass is 10.1. The number of aryl methyl sites for hydroxylation is 1. The Kier molecular flexibility index (Phi) is 7.26. The summed E-state index contributed by atoms with van der Waals surface area (Å²) in [7, 11) is 1.50. The Bertz CT molecular complexity index is 1290. The molecule has 0 fully saturated rings. The standard InChI is InChI=1S/C24H21ClN4O3S/c1-15-9-20(7-8-21(15)25)32-19-5-3-16(4-6-19)14-33-24-28-13-18(22(30)29-24)10-17-11-26-23(31-2)27-12-17/h3-9,11-13H,10,14H2,1-2H3,(H,28,29,30). The molecule has 9 heteroatoms. The van der Waals surface area contributed by atoms with Gasteiger partial charge in [-0.15, -0.1) is 0 Å². The molecule has 4 rings (SSSR count). The topological polar surface area (TPSA) is 90.0 Å². The number of nitrogens with zero attached hydrogens (tertiary/aromatic N) is 3. The quantitative estimate of drug-likeness (QED) is 0.273. The fourth-order valence-electron chi connectivity index (χ4n) is 2.99. The molecule has 0 aliphatic carbocycles. The summed E-state index contributed by atoms with van der Waals surface area (Å²) >= 11 is 7.52. The van der Waals surface area contributed by atoms with E-state index in [9.17, 15) is 4.79 Å². The van der Waals surface area contributed by atoms with Gasteiger partial charge in [0.2, 0.25) is 0 Å². The molecule has 0 unspecified atom stereocenters. The Morgan fingerprint density at radius 1 is 0.970 bits per heavy atom. The summed E-state index contributed by atoms with van der Waals surface area (Å²) in [6, 6.07) is 13.7. The summed E-state index contributed by atoms with van der Waals surface area (Å²) in [6.45, 7) is 1.94. The molecule has 33 heavy (non-hydrogen) atoms. The highest BCUT2D eigenvalue weighted by molar-refractivity contribution is 7.98. The zero-order chi connectivity index (χ0) is 23.2. The van der Waals surface area contributed by atoms with Crippen LogP contribution >= 0.6 is 23.4 Å². The summed E-state index contributed by atoms with van der Waals surface area (Å²) in [5.41, 5.74) is 3.23. The number of halogens is 1. The molecule has 0 bridgehead atoms. The maximum atomic E-state index is 12.4. The van der Waals surface area contributed by atoms with Crippen molar-refractivity contribution >= 4 is 23.4 Å². The normalized spacial score (nSPS) is 10.8. The molecule has 0 spiro atoms.